The molecule has 0 aliphatic heterocycles. The Balaban J connectivity index is 1.49. The molecule has 6 heteroatoms. The van der Waals surface area contributed by atoms with E-state index in [0.717, 1.165) is 5.56 Å². The Kier molecular flexibility index (Phi) is 5.68. The highest BCUT2D eigenvalue weighted by Crippen LogP contribution is 2.22. The molecule has 150 valence electrons. The molecule has 2 aromatic heterocycles. The van der Waals surface area contributed by atoms with Gasteiger partial charge in [0.25, 0.3) is 5.91 Å². The second-order valence-electron chi connectivity index (χ2n) is 7.02. The summed E-state index contributed by atoms with van der Waals surface area (Å²) in [4.78, 5) is 29.7. The number of carbonyl (C=O) groups is 2. The SMILES string of the molecule is O=C(C[C@@H](CO)c1ccccc1)c1cccc(NC(=O)c2cnc3ccccn23)c1. The van der Waals surface area contributed by atoms with Crippen molar-refractivity contribution in [2.24, 2.45) is 0 Å². The van der Waals surface area contributed by atoms with E-state index in [1.807, 2.05) is 48.5 Å². The van der Waals surface area contributed by atoms with Crippen molar-refractivity contribution in [2.75, 3.05) is 11.9 Å². The van der Waals surface area contributed by atoms with Crippen LogP contribution in [0, 0.1) is 0 Å². The second kappa shape index (κ2) is 8.71. The van der Waals surface area contributed by atoms with Crippen LogP contribution in [-0.2, 0) is 0 Å². The Labute approximate surface area is 173 Å². The number of carbonyl (C=O) groups excluding carboxylic acids is 2. The zero-order chi connectivity index (χ0) is 20.9. The molecule has 30 heavy (non-hydrogen) atoms. The third-order valence-electron chi connectivity index (χ3n) is 5.02. The van der Waals surface area contributed by atoms with Crippen molar-refractivity contribution < 1.29 is 14.7 Å². The lowest BCUT2D eigenvalue weighted by molar-refractivity contribution is 0.0958. The summed E-state index contributed by atoms with van der Waals surface area (Å²) in [7, 11) is 0. The number of nitrogens with one attached hydrogen (secondary N) is 1. The van der Waals surface area contributed by atoms with Crippen molar-refractivity contribution in [3.8, 4) is 0 Å². The molecule has 0 bridgehead atoms. The number of amides is 1. The second-order valence-corrected chi connectivity index (χ2v) is 7.02. The summed E-state index contributed by atoms with van der Waals surface area (Å²) in [5.74, 6) is -0.672. The number of aliphatic hydroxyl groups is 1. The number of nitrogens with zero attached hydrogens (tertiary/aromatic N) is 2. The Morgan fingerprint density at radius 2 is 1.80 bits per heavy atom. The number of hydrogen-bond acceptors (Lipinski definition) is 4. The van der Waals surface area contributed by atoms with E-state index in [4.69, 9.17) is 0 Å². The van der Waals surface area contributed by atoms with Crippen LogP contribution in [0.5, 0.6) is 0 Å². The molecule has 4 rings (SSSR count). The number of aromatic nitrogens is 2. The summed E-state index contributed by atoms with van der Waals surface area (Å²) in [5, 5.41) is 12.6. The minimum absolute atomic E-state index is 0.0937. The van der Waals surface area contributed by atoms with E-state index in [2.05, 4.69) is 10.3 Å². The zero-order valence-corrected chi connectivity index (χ0v) is 16.2. The van der Waals surface area contributed by atoms with Gasteiger partial charge in [0.05, 0.1) is 12.8 Å². The fourth-order valence-corrected chi connectivity index (χ4v) is 3.42. The molecule has 0 aliphatic rings. The molecule has 0 unspecified atom stereocenters. The van der Waals surface area contributed by atoms with Gasteiger partial charge in [-0.15, -0.1) is 0 Å². The quantitative estimate of drug-likeness (QED) is 0.461. The van der Waals surface area contributed by atoms with E-state index in [1.54, 1.807) is 34.9 Å². The van der Waals surface area contributed by atoms with E-state index < -0.39 is 0 Å². The van der Waals surface area contributed by atoms with Crippen LogP contribution in [0.25, 0.3) is 5.65 Å². The molecule has 2 N–H and O–H groups in total. The maximum Gasteiger partial charge on any atom is 0.274 e. The number of aliphatic hydroxyl groups excluding tert-OH is 1. The molecular weight excluding hydrogens is 378 g/mol. The first kappa shape index (κ1) is 19.5. The highest BCUT2D eigenvalue weighted by atomic mass is 16.3. The number of hydrogen-bond donors (Lipinski definition) is 2. The monoisotopic (exact) mass is 399 g/mol. The number of ketones is 1. The minimum Gasteiger partial charge on any atom is -0.396 e. The van der Waals surface area contributed by atoms with Crippen LogP contribution < -0.4 is 5.32 Å². The van der Waals surface area contributed by atoms with E-state index in [0.29, 0.717) is 22.6 Å². The number of benzene rings is 2. The number of fused-ring (bicyclic) bond motifs is 1. The van der Waals surface area contributed by atoms with Gasteiger partial charge in [0.15, 0.2) is 5.78 Å². The summed E-state index contributed by atoms with van der Waals surface area (Å²) >= 11 is 0. The third-order valence-corrected chi connectivity index (χ3v) is 5.02. The predicted octanol–water partition coefficient (Wildman–Crippen LogP) is 3.94. The molecule has 0 fully saturated rings. The van der Waals surface area contributed by atoms with Gasteiger partial charge in [-0.05, 0) is 29.8 Å². The molecule has 0 spiro atoms. The number of anilines is 1. The van der Waals surface area contributed by atoms with Crippen molar-refractivity contribution in [2.45, 2.75) is 12.3 Å². The summed E-state index contributed by atoms with van der Waals surface area (Å²) in [6, 6.07) is 21.8. The van der Waals surface area contributed by atoms with Gasteiger partial charge < -0.3 is 10.4 Å². The Morgan fingerprint density at radius 1 is 1.00 bits per heavy atom. The van der Waals surface area contributed by atoms with E-state index in [-0.39, 0.29) is 30.6 Å². The number of rotatable bonds is 7. The molecule has 0 radical (unpaired) electrons. The lowest BCUT2D eigenvalue weighted by Crippen LogP contribution is -2.15. The highest BCUT2D eigenvalue weighted by molar-refractivity contribution is 6.04. The molecule has 2 heterocycles. The predicted molar refractivity (Wildman–Crippen MR) is 115 cm³/mol. The van der Waals surface area contributed by atoms with Crippen LogP contribution >= 0.6 is 0 Å². The first-order chi connectivity index (χ1) is 14.7. The van der Waals surface area contributed by atoms with Crippen LogP contribution in [0.3, 0.4) is 0 Å². The van der Waals surface area contributed by atoms with Gasteiger partial charge in [-0.1, -0.05) is 48.5 Å². The molecule has 2 aromatic carbocycles. The Bertz CT molecular complexity index is 1180. The average molecular weight is 399 g/mol. The molecule has 1 amide bonds. The molecular formula is C24H21N3O3. The maximum absolute atomic E-state index is 12.8. The van der Waals surface area contributed by atoms with Gasteiger partial charge in [0.1, 0.15) is 11.3 Å². The molecule has 4 aromatic rings. The van der Waals surface area contributed by atoms with Crippen LogP contribution in [-0.4, -0.2) is 32.8 Å². The fraction of sp³-hybridized carbons (Fsp3) is 0.125. The summed E-state index contributed by atoms with van der Waals surface area (Å²) < 4.78 is 1.70. The van der Waals surface area contributed by atoms with Crippen LogP contribution in [0.4, 0.5) is 5.69 Å². The van der Waals surface area contributed by atoms with Crippen LogP contribution in [0.15, 0.2) is 85.2 Å². The average Bonchev–Trinajstić information content (AvgIpc) is 3.22. The summed E-state index contributed by atoms with van der Waals surface area (Å²) in [6.07, 6.45) is 3.48. The Morgan fingerprint density at radius 3 is 2.60 bits per heavy atom. The lowest BCUT2D eigenvalue weighted by Gasteiger charge is -2.14. The molecule has 0 saturated carbocycles. The summed E-state index contributed by atoms with van der Waals surface area (Å²) in [6.45, 7) is -0.111. The largest absolute Gasteiger partial charge is 0.396 e. The van der Waals surface area contributed by atoms with Crippen molar-refractivity contribution in [1.82, 2.24) is 9.38 Å². The standard InChI is InChI=1S/C24H21N3O3/c28-16-19(17-7-2-1-3-8-17)14-22(29)18-9-6-10-20(13-18)26-24(30)21-15-25-23-11-4-5-12-27(21)23/h1-13,15,19,28H,14,16H2,(H,26,30)/t19-/m0/s1. The van der Waals surface area contributed by atoms with Gasteiger partial charge in [0.2, 0.25) is 0 Å². The molecule has 1 atom stereocenters. The smallest absolute Gasteiger partial charge is 0.274 e. The fourth-order valence-electron chi connectivity index (χ4n) is 3.42. The maximum atomic E-state index is 12.8. The molecule has 0 aliphatic carbocycles. The first-order valence-corrected chi connectivity index (χ1v) is 9.68. The van der Waals surface area contributed by atoms with Crippen LogP contribution in [0.1, 0.15) is 38.7 Å². The molecule has 6 nitrogen and oxygen atoms in total. The third kappa shape index (κ3) is 4.14. The first-order valence-electron chi connectivity index (χ1n) is 9.68. The lowest BCUT2D eigenvalue weighted by atomic mass is 9.92. The summed E-state index contributed by atoms with van der Waals surface area (Å²) in [5.41, 5.74) is 3.03. The van der Waals surface area contributed by atoms with Crippen molar-refractivity contribution in [1.29, 1.82) is 0 Å². The zero-order valence-electron chi connectivity index (χ0n) is 16.2. The molecule has 0 saturated heterocycles. The number of Topliss-reactive ketones (excluding diaryl/α,β-unsaturated/α-hetero) is 1. The van der Waals surface area contributed by atoms with Gasteiger partial charge in [-0.25, -0.2) is 4.98 Å². The minimum atomic E-state index is -0.309. The van der Waals surface area contributed by atoms with E-state index in [9.17, 15) is 14.7 Å². The van der Waals surface area contributed by atoms with E-state index >= 15 is 0 Å². The van der Waals surface area contributed by atoms with E-state index in [1.165, 1.54) is 6.20 Å². The highest BCUT2D eigenvalue weighted by Gasteiger charge is 2.17. The van der Waals surface area contributed by atoms with Gasteiger partial charge >= 0.3 is 0 Å². The van der Waals surface area contributed by atoms with Crippen molar-refractivity contribution >= 4 is 23.0 Å². The number of pyridine rings is 1. The Hall–Kier alpha value is -3.77. The van der Waals surface area contributed by atoms with Gasteiger partial charge in [-0.3, -0.25) is 14.0 Å². The van der Waals surface area contributed by atoms with Crippen LogP contribution in [0.2, 0.25) is 0 Å². The van der Waals surface area contributed by atoms with Crippen molar-refractivity contribution in [3.63, 3.8) is 0 Å². The normalized spacial score (nSPS) is 11.9. The van der Waals surface area contributed by atoms with Crippen molar-refractivity contribution in [3.05, 3.63) is 102 Å². The topological polar surface area (TPSA) is 83.7 Å². The van der Waals surface area contributed by atoms with Gasteiger partial charge in [0, 0.05) is 29.8 Å². The van der Waals surface area contributed by atoms with Gasteiger partial charge in [-0.2, -0.15) is 0 Å². The number of imidazole rings is 1.